The van der Waals surface area contributed by atoms with Crippen LogP contribution < -0.4 is 10.6 Å². The molecule has 0 radical (unpaired) electrons. The van der Waals surface area contributed by atoms with E-state index in [4.69, 9.17) is 9.72 Å². The highest BCUT2D eigenvalue weighted by Crippen LogP contribution is 2.38. The number of hydrogen-bond donors (Lipinski definition) is 2. The van der Waals surface area contributed by atoms with Crippen molar-refractivity contribution in [2.45, 2.75) is 64.5 Å². The zero-order valence-electron chi connectivity index (χ0n) is 16.4. The Hall–Kier alpha value is -1.92. The molecule has 6 heteroatoms. The van der Waals surface area contributed by atoms with Crippen molar-refractivity contribution >= 4 is 23.1 Å². The molecule has 5 nitrogen and oxygen atoms in total. The summed E-state index contributed by atoms with van der Waals surface area (Å²) in [5, 5.41) is 7.29. The number of carbonyl (C=O) groups excluding carboxylic acids is 1. The van der Waals surface area contributed by atoms with Crippen molar-refractivity contribution in [1.82, 2.24) is 10.3 Å². The van der Waals surface area contributed by atoms with E-state index in [-0.39, 0.29) is 6.10 Å². The Morgan fingerprint density at radius 1 is 1.30 bits per heavy atom. The Morgan fingerprint density at radius 3 is 2.78 bits per heavy atom. The smallest absolute Gasteiger partial charge is 0.411 e. The van der Waals surface area contributed by atoms with Crippen LogP contribution in [0.4, 0.5) is 10.5 Å². The van der Waals surface area contributed by atoms with Gasteiger partial charge in [0.05, 0.1) is 16.0 Å². The van der Waals surface area contributed by atoms with Crippen LogP contribution in [-0.4, -0.2) is 24.2 Å². The Labute approximate surface area is 165 Å². The highest BCUT2D eigenvalue weighted by molar-refractivity contribution is 7.15. The molecule has 0 bridgehead atoms. The normalized spacial score (nSPS) is 15.1. The van der Waals surface area contributed by atoms with Crippen molar-refractivity contribution in [2.24, 2.45) is 0 Å². The lowest BCUT2D eigenvalue weighted by atomic mass is 9.90. The minimum absolute atomic E-state index is 0.142. The number of carbonyl (C=O) groups is 1. The lowest BCUT2D eigenvalue weighted by Gasteiger charge is -2.18. The van der Waals surface area contributed by atoms with E-state index in [1.165, 1.54) is 47.6 Å². The molecule has 0 unspecified atom stereocenters. The van der Waals surface area contributed by atoms with Gasteiger partial charge in [0.1, 0.15) is 0 Å². The summed E-state index contributed by atoms with van der Waals surface area (Å²) in [5.74, 6) is 0.622. The number of nitrogens with zero attached hydrogens (tertiary/aromatic N) is 1. The first-order chi connectivity index (χ1) is 13.1. The van der Waals surface area contributed by atoms with E-state index in [1.54, 1.807) is 0 Å². The maximum Gasteiger partial charge on any atom is 0.411 e. The predicted molar refractivity (Wildman–Crippen MR) is 111 cm³/mol. The highest BCUT2D eigenvalue weighted by Gasteiger charge is 2.20. The maximum absolute atomic E-state index is 11.9. The van der Waals surface area contributed by atoms with Crippen LogP contribution in [0.3, 0.4) is 0 Å². The summed E-state index contributed by atoms with van der Waals surface area (Å²) in [6, 6.07) is 6.00. The van der Waals surface area contributed by atoms with Crippen molar-refractivity contribution in [3.8, 4) is 10.4 Å². The molecule has 0 saturated heterocycles. The molecule has 1 aromatic heterocycles. The van der Waals surface area contributed by atoms with E-state index >= 15 is 0 Å². The van der Waals surface area contributed by atoms with E-state index in [0.29, 0.717) is 5.92 Å². The monoisotopic (exact) mass is 387 g/mol. The summed E-state index contributed by atoms with van der Waals surface area (Å²) in [7, 11) is 1.93. The molecule has 146 valence electrons. The van der Waals surface area contributed by atoms with Gasteiger partial charge in [-0.15, -0.1) is 11.3 Å². The van der Waals surface area contributed by atoms with Gasteiger partial charge in [-0.3, -0.25) is 5.32 Å². The summed E-state index contributed by atoms with van der Waals surface area (Å²) in [4.78, 5) is 17.8. The Morgan fingerprint density at radius 2 is 2.07 bits per heavy atom. The number of rotatable bonds is 6. The van der Waals surface area contributed by atoms with Crippen molar-refractivity contribution in [3.05, 3.63) is 35.0 Å². The number of thiazole rings is 1. The first-order valence-electron chi connectivity index (χ1n) is 9.78. The van der Waals surface area contributed by atoms with Crippen molar-refractivity contribution in [3.63, 3.8) is 0 Å². The van der Waals surface area contributed by atoms with Gasteiger partial charge in [0.2, 0.25) is 0 Å². The van der Waals surface area contributed by atoms with Crippen LogP contribution in [0.2, 0.25) is 0 Å². The minimum atomic E-state index is -0.425. The number of aromatic nitrogens is 1. The van der Waals surface area contributed by atoms with Crippen LogP contribution in [-0.2, 0) is 11.3 Å². The first-order valence-corrected chi connectivity index (χ1v) is 10.6. The average Bonchev–Trinajstić information content (AvgIpc) is 3.12. The second-order valence-corrected chi connectivity index (χ2v) is 8.44. The quantitative estimate of drug-likeness (QED) is 0.684. The largest absolute Gasteiger partial charge is 0.447 e. The van der Waals surface area contributed by atoms with Crippen LogP contribution >= 0.6 is 11.3 Å². The predicted octanol–water partition coefficient (Wildman–Crippen LogP) is 5.53. The van der Waals surface area contributed by atoms with Crippen molar-refractivity contribution in [2.75, 3.05) is 12.4 Å². The van der Waals surface area contributed by atoms with Crippen LogP contribution in [0, 0.1) is 0 Å². The molecule has 1 amide bonds. The second kappa shape index (κ2) is 9.33. The Balaban J connectivity index is 1.80. The molecule has 1 saturated carbocycles. The molecule has 0 aliphatic heterocycles. The minimum Gasteiger partial charge on any atom is -0.447 e. The maximum atomic E-state index is 11.9. The fourth-order valence-corrected chi connectivity index (χ4v) is 4.71. The third-order valence-electron chi connectivity index (χ3n) is 4.81. The molecule has 1 aliphatic carbocycles. The summed E-state index contributed by atoms with van der Waals surface area (Å²) in [6.07, 6.45) is 7.95. The highest BCUT2D eigenvalue weighted by atomic mass is 32.1. The standard InChI is InChI=1S/C21H29N3O2S/c1-14(2)26-21(25)24-17-9-10-18(16(11-17)12-22-3)19-13-23-20(27-19)15-7-5-4-6-8-15/h9-11,13-15,22H,4-8,12H2,1-3H3,(H,24,25). The van der Waals surface area contributed by atoms with Crippen LogP contribution in [0.5, 0.6) is 0 Å². The van der Waals surface area contributed by atoms with Crippen LogP contribution in [0.25, 0.3) is 10.4 Å². The van der Waals surface area contributed by atoms with E-state index in [1.807, 2.05) is 50.6 Å². The number of nitrogens with one attached hydrogen (secondary N) is 2. The first kappa shape index (κ1) is 19.8. The van der Waals surface area contributed by atoms with Gasteiger partial charge < -0.3 is 10.1 Å². The molecule has 1 aromatic carbocycles. The van der Waals surface area contributed by atoms with E-state index in [0.717, 1.165) is 17.8 Å². The summed E-state index contributed by atoms with van der Waals surface area (Å²) < 4.78 is 5.17. The molecule has 2 aromatic rings. The zero-order valence-corrected chi connectivity index (χ0v) is 17.2. The fraction of sp³-hybridized carbons (Fsp3) is 0.524. The molecule has 0 spiro atoms. The second-order valence-electron chi connectivity index (χ2n) is 7.38. The molecule has 3 rings (SSSR count). The molecule has 1 heterocycles. The Bertz CT molecular complexity index is 767. The molecule has 0 atom stereocenters. The molecule has 1 aliphatic rings. The van der Waals surface area contributed by atoms with Crippen molar-refractivity contribution < 1.29 is 9.53 Å². The van der Waals surface area contributed by atoms with Crippen LogP contribution in [0.1, 0.15) is 62.4 Å². The van der Waals surface area contributed by atoms with Gasteiger partial charge in [-0.25, -0.2) is 9.78 Å². The van der Waals surface area contributed by atoms with Crippen molar-refractivity contribution in [1.29, 1.82) is 0 Å². The summed E-state index contributed by atoms with van der Waals surface area (Å²) in [6.45, 7) is 4.40. The molecule has 27 heavy (non-hydrogen) atoms. The molecular weight excluding hydrogens is 358 g/mol. The number of anilines is 1. The number of hydrogen-bond acceptors (Lipinski definition) is 5. The molecule has 2 N–H and O–H groups in total. The van der Waals surface area contributed by atoms with E-state index < -0.39 is 6.09 Å². The fourth-order valence-electron chi connectivity index (χ4n) is 3.56. The third kappa shape index (κ3) is 5.30. The van der Waals surface area contributed by atoms with Gasteiger partial charge in [0, 0.05) is 24.3 Å². The zero-order chi connectivity index (χ0) is 19.2. The van der Waals surface area contributed by atoms with Gasteiger partial charge in [-0.1, -0.05) is 25.3 Å². The summed E-state index contributed by atoms with van der Waals surface area (Å²) >= 11 is 1.81. The van der Waals surface area contributed by atoms with Gasteiger partial charge in [0.25, 0.3) is 0 Å². The topological polar surface area (TPSA) is 63.2 Å². The molecular formula is C21H29N3O2S. The van der Waals surface area contributed by atoms with E-state index in [9.17, 15) is 4.79 Å². The SMILES string of the molecule is CNCc1cc(NC(=O)OC(C)C)ccc1-c1cnc(C2CCCCC2)s1. The number of amides is 1. The lowest BCUT2D eigenvalue weighted by molar-refractivity contribution is 0.130. The number of benzene rings is 1. The third-order valence-corrected chi connectivity index (χ3v) is 6.00. The summed E-state index contributed by atoms with van der Waals surface area (Å²) in [5.41, 5.74) is 3.05. The van der Waals surface area contributed by atoms with Gasteiger partial charge >= 0.3 is 6.09 Å². The number of ether oxygens (including phenoxy) is 1. The van der Waals surface area contributed by atoms with Gasteiger partial charge in [-0.2, -0.15) is 0 Å². The van der Waals surface area contributed by atoms with Crippen LogP contribution in [0.15, 0.2) is 24.4 Å². The Kier molecular flexibility index (Phi) is 6.85. The molecule has 1 fully saturated rings. The lowest BCUT2D eigenvalue weighted by Crippen LogP contribution is -2.18. The van der Waals surface area contributed by atoms with Gasteiger partial charge in [0.15, 0.2) is 0 Å². The van der Waals surface area contributed by atoms with Gasteiger partial charge in [-0.05, 0) is 57.0 Å². The van der Waals surface area contributed by atoms with E-state index in [2.05, 4.69) is 16.7 Å². The average molecular weight is 388 g/mol.